The van der Waals surface area contributed by atoms with Gasteiger partial charge in [-0.2, -0.15) is 15.5 Å². The van der Waals surface area contributed by atoms with Crippen LogP contribution in [0.4, 0.5) is 4.39 Å². The Morgan fingerprint density at radius 3 is 2.84 bits per heavy atom. The third kappa shape index (κ3) is 2.63. The highest BCUT2D eigenvalue weighted by atomic mass is 19.1. The second-order valence-electron chi connectivity index (χ2n) is 9.53. The van der Waals surface area contributed by atoms with Gasteiger partial charge in [0.2, 0.25) is 5.91 Å². The second kappa shape index (κ2) is 6.45. The molecule has 1 unspecified atom stereocenters. The number of rotatable bonds is 4. The van der Waals surface area contributed by atoms with Crippen molar-refractivity contribution in [1.82, 2.24) is 19.8 Å². The van der Waals surface area contributed by atoms with E-state index in [0.29, 0.717) is 23.2 Å². The van der Waals surface area contributed by atoms with Crippen LogP contribution in [0.1, 0.15) is 48.5 Å². The Morgan fingerprint density at radius 1 is 1.28 bits per heavy atom. The van der Waals surface area contributed by atoms with Gasteiger partial charge < -0.3 is 0 Å². The van der Waals surface area contributed by atoms with Gasteiger partial charge in [-0.15, -0.1) is 0 Å². The van der Waals surface area contributed by atoms with Gasteiger partial charge in [-0.25, -0.2) is 9.40 Å². The van der Waals surface area contributed by atoms with Crippen molar-refractivity contribution in [2.75, 3.05) is 0 Å². The number of carbonyl (C=O) groups excluding carboxylic acids is 1. The van der Waals surface area contributed by atoms with Crippen molar-refractivity contribution >= 4 is 23.0 Å². The van der Waals surface area contributed by atoms with Crippen LogP contribution in [-0.2, 0) is 11.3 Å². The SMILES string of the molecule is Cc1ncc(C2CC=NN2C(=O)C23CC(Cn4ncc5cc(C#N)ccc54)(C2)C3)cc1F. The van der Waals surface area contributed by atoms with E-state index in [1.807, 2.05) is 22.9 Å². The number of halogens is 1. The van der Waals surface area contributed by atoms with Gasteiger partial charge in [0.05, 0.1) is 40.5 Å². The lowest BCUT2D eigenvalue weighted by atomic mass is 9.34. The zero-order valence-electron chi connectivity index (χ0n) is 17.6. The summed E-state index contributed by atoms with van der Waals surface area (Å²) >= 11 is 0. The number of hydrazone groups is 1. The highest BCUT2D eigenvalue weighted by Crippen LogP contribution is 2.74. The molecule has 8 heteroatoms. The number of hydrogen-bond donors (Lipinski definition) is 0. The van der Waals surface area contributed by atoms with Gasteiger partial charge >= 0.3 is 0 Å². The third-order valence-electron chi connectivity index (χ3n) is 7.32. The summed E-state index contributed by atoms with van der Waals surface area (Å²) in [5.74, 6) is -0.331. The minimum Gasteiger partial charge on any atom is -0.272 e. The fourth-order valence-electron chi connectivity index (χ4n) is 5.83. The summed E-state index contributed by atoms with van der Waals surface area (Å²) in [6, 6.07) is 8.92. The first kappa shape index (κ1) is 19.1. The Balaban J connectivity index is 1.17. The number of fused-ring (bicyclic) bond motifs is 1. The van der Waals surface area contributed by atoms with E-state index in [1.54, 1.807) is 30.5 Å². The number of amides is 1. The topological polar surface area (TPSA) is 87.2 Å². The summed E-state index contributed by atoms with van der Waals surface area (Å²) in [7, 11) is 0. The smallest absolute Gasteiger partial charge is 0.249 e. The molecule has 4 aliphatic rings. The molecule has 160 valence electrons. The predicted molar refractivity (Wildman–Crippen MR) is 115 cm³/mol. The molecule has 0 N–H and O–H groups in total. The lowest BCUT2D eigenvalue weighted by molar-refractivity contribution is -0.223. The van der Waals surface area contributed by atoms with Crippen molar-refractivity contribution in [3.8, 4) is 6.07 Å². The molecule has 2 bridgehead atoms. The lowest BCUT2D eigenvalue weighted by Crippen LogP contribution is -2.68. The molecule has 7 nitrogen and oxygen atoms in total. The van der Waals surface area contributed by atoms with Gasteiger partial charge in [0.25, 0.3) is 0 Å². The van der Waals surface area contributed by atoms with Gasteiger partial charge in [-0.3, -0.25) is 14.5 Å². The summed E-state index contributed by atoms with van der Waals surface area (Å²) in [5.41, 5.74) is 2.37. The van der Waals surface area contributed by atoms with Crippen molar-refractivity contribution in [3.05, 3.63) is 59.3 Å². The molecule has 1 amide bonds. The van der Waals surface area contributed by atoms with Crippen LogP contribution >= 0.6 is 0 Å². The molecule has 1 aliphatic heterocycles. The van der Waals surface area contributed by atoms with Crippen LogP contribution in [0.25, 0.3) is 10.9 Å². The minimum atomic E-state index is -0.368. The van der Waals surface area contributed by atoms with Gasteiger partial charge in [0.1, 0.15) is 5.82 Å². The average Bonchev–Trinajstić information content (AvgIpc) is 3.38. The number of aromatic nitrogens is 3. The zero-order valence-corrected chi connectivity index (χ0v) is 17.6. The van der Waals surface area contributed by atoms with Crippen molar-refractivity contribution in [3.63, 3.8) is 0 Å². The molecule has 3 fully saturated rings. The molecule has 1 aromatic carbocycles. The van der Waals surface area contributed by atoms with E-state index in [0.717, 1.165) is 36.7 Å². The largest absolute Gasteiger partial charge is 0.272 e. The van der Waals surface area contributed by atoms with Crippen LogP contribution in [0.15, 0.2) is 41.8 Å². The molecule has 3 aromatic rings. The second-order valence-corrected chi connectivity index (χ2v) is 9.53. The van der Waals surface area contributed by atoms with Crippen LogP contribution in [0.3, 0.4) is 0 Å². The standard InChI is InChI=1S/C24H21FN6O/c1-15-19(25)7-18(9-27-15)21-4-5-28-31(21)22(32)24-11-23(12-24,13-24)14-30-20-3-2-16(8-26)6-17(20)10-29-30/h2-3,5-7,9-10,21H,4,11-14H2,1H3. The quantitative estimate of drug-likeness (QED) is 0.631. The molecule has 1 atom stereocenters. The predicted octanol–water partition coefficient (Wildman–Crippen LogP) is 3.88. The Bertz CT molecular complexity index is 1330. The van der Waals surface area contributed by atoms with E-state index < -0.39 is 0 Å². The van der Waals surface area contributed by atoms with Crippen LogP contribution in [0, 0.1) is 34.9 Å². The highest BCUT2D eigenvalue weighted by molar-refractivity contribution is 5.88. The summed E-state index contributed by atoms with van der Waals surface area (Å²) in [6.45, 7) is 2.39. The fraction of sp³-hybridized carbons (Fsp3) is 0.375. The van der Waals surface area contributed by atoms with E-state index in [4.69, 9.17) is 5.26 Å². The van der Waals surface area contributed by atoms with Gasteiger partial charge in [0.15, 0.2) is 0 Å². The van der Waals surface area contributed by atoms with E-state index in [2.05, 4.69) is 21.3 Å². The molecule has 32 heavy (non-hydrogen) atoms. The molecule has 0 spiro atoms. The number of pyridine rings is 1. The monoisotopic (exact) mass is 428 g/mol. The van der Waals surface area contributed by atoms with Gasteiger partial charge in [-0.1, -0.05) is 0 Å². The van der Waals surface area contributed by atoms with E-state index in [1.165, 1.54) is 6.07 Å². The fourth-order valence-corrected chi connectivity index (χ4v) is 5.83. The van der Waals surface area contributed by atoms with E-state index >= 15 is 0 Å². The summed E-state index contributed by atoms with van der Waals surface area (Å²) in [4.78, 5) is 17.5. The maximum absolute atomic E-state index is 14.0. The third-order valence-corrected chi connectivity index (χ3v) is 7.32. The van der Waals surface area contributed by atoms with E-state index in [9.17, 15) is 9.18 Å². The molecule has 7 rings (SSSR count). The number of nitriles is 1. The number of benzene rings is 1. The molecule has 3 aliphatic carbocycles. The maximum atomic E-state index is 14.0. The number of aryl methyl sites for hydroxylation is 1. The molecule has 0 saturated heterocycles. The Morgan fingerprint density at radius 2 is 2.09 bits per heavy atom. The normalized spacial score (nSPS) is 27.8. The highest BCUT2D eigenvalue weighted by Gasteiger charge is 2.72. The summed E-state index contributed by atoms with van der Waals surface area (Å²) in [6.07, 6.45) is 8.18. The molecule has 3 heterocycles. The van der Waals surface area contributed by atoms with Crippen LogP contribution in [0.2, 0.25) is 0 Å². The number of hydrogen-bond acceptors (Lipinski definition) is 5. The maximum Gasteiger partial charge on any atom is 0.249 e. The van der Waals surface area contributed by atoms with Gasteiger partial charge in [-0.05, 0) is 61.4 Å². The van der Waals surface area contributed by atoms with Crippen molar-refractivity contribution in [1.29, 1.82) is 5.26 Å². The first-order chi connectivity index (χ1) is 15.4. The first-order valence-corrected chi connectivity index (χ1v) is 10.8. The zero-order chi connectivity index (χ0) is 22.1. The van der Waals surface area contributed by atoms with Crippen molar-refractivity contribution in [2.24, 2.45) is 15.9 Å². The molecule has 0 radical (unpaired) electrons. The minimum absolute atomic E-state index is 0.0306. The van der Waals surface area contributed by atoms with Gasteiger partial charge in [0, 0.05) is 30.8 Å². The van der Waals surface area contributed by atoms with Crippen LogP contribution in [0.5, 0.6) is 0 Å². The Hall–Kier alpha value is -3.60. The van der Waals surface area contributed by atoms with Crippen molar-refractivity contribution < 1.29 is 9.18 Å². The first-order valence-electron chi connectivity index (χ1n) is 10.8. The van der Waals surface area contributed by atoms with Crippen LogP contribution in [-0.4, -0.2) is 31.9 Å². The van der Waals surface area contributed by atoms with E-state index in [-0.39, 0.29) is 28.6 Å². The summed E-state index contributed by atoms with van der Waals surface area (Å²) in [5, 5.41) is 20.4. The number of carbonyl (C=O) groups is 1. The molecular formula is C24H21FN6O. The number of nitrogens with zero attached hydrogens (tertiary/aromatic N) is 6. The lowest BCUT2D eigenvalue weighted by Gasteiger charge is -2.69. The molecular weight excluding hydrogens is 407 g/mol. The Labute approximate surface area is 184 Å². The molecule has 2 aromatic heterocycles. The average molecular weight is 428 g/mol. The van der Waals surface area contributed by atoms with Crippen LogP contribution < -0.4 is 0 Å². The van der Waals surface area contributed by atoms with Crippen molar-refractivity contribution in [2.45, 2.75) is 45.2 Å². The summed E-state index contributed by atoms with van der Waals surface area (Å²) < 4.78 is 16.0. The molecule has 3 saturated carbocycles. The Kier molecular flexibility index (Phi) is 3.85.